The molecular weight excluding hydrogens is 389 g/mol. The van der Waals surface area contributed by atoms with Crippen LogP contribution >= 0.6 is 23.2 Å². The molecule has 1 aliphatic heterocycles. The summed E-state index contributed by atoms with van der Waals surface area (Å²) in [6, 6.07) is 7.35. The van der Waals surface area contributed by atoms with Gasteiger partial charge in [-0.25, -0.2) is 13.6 Å². The summed E-state index contributed by atoms with van der Waals surface area (Å²) in [5.41, 5.74) is 0.208. The van der Waals surface area contributed by atoms with Gasteiger partial charge in [0.15, 0.2) is 0 Å². The van der Waals surface area contributed by atoms with Crippen molar-refractivity contribution in [2.45, 2.75) is 6.10 Å². The van der Waals surface area contributed by atoms with Crippen LogP contribution in [-0.4, -0.2) is 31.2 Å². The highest BCUT2D eigenvalue weighted by molar-refractivity contribution is 6.42. The first kappa shape index (κ1) is 18.4. The molecule has 3 rings (SSSR count). The van der Waals surface area contributed by atoms with Gasteiger partial charge in [-0.2, -0.15) is 0 Å². The molecule has 1 aliphatic rings. The van der Waals surface area contributed by atoms with Crippen LogP contribution < -0.4 is 10.2 Å². The van der Waals surface area contributed by atoms with Gasteiger partial charge in [-0.15, -0.1) is 0 Å². The van der Waals surface area contributed by atoms with Crippen LogP contribution in [0.3, 0.4) is 0 Å². The molecule has 1 heterocycles. The summed E-state index contributed by atoms with van der Waals surface area (Å²) in [6.07, 6.45) is -1.24. The molecule has 1 atom stereocenters. The highest BCUT2D eigenvalue weighted by Crippen LogP contribution is 2.29. The molecule has 136 valence electrons. The molecule has 0 unspecified atom stereocenters. The quantitative estimate of drug-likeness (QED) is 0.842. The zero-order valence-corrected chi connectivity index (χ0v) is 14.7. The molecule has 26 heavy (non-hydrogen) atoms. The minimum atomic E-state index is -0.969. The number of cyclic esters (lactones) is 1. The lowest BCUT2D eigenvalue weighted by Crippen LogP contribution is -2.35. The average Bonchev–Trinajstić information content (AvgIpc) is 2.96. The Morgan fingerprint density at radius 3 is 2.65 bits per heavy atom. The lowest BCUT2D eigenvalue weighted by Gasteiger charge is -2.14. The molecule has 1 saturated heterocycles. The van der Waals surface area contributed by atoms with Crippen molar-refractivity contribution >= 4 is 40.9 Å². The van der Waals surface area contributed by atoms with Crippen molar-refractivity contribution in [1.29, 1.82) is 0 Å². The number of ether oxygens (including phenoxy) is 1. The predicted octanol–water partition coefficient (Wildman–Crippen LogP) is 4.03. The van der Waals surface area contributed by atoms with Gasteiger partial charge in [-0.1, -0.05) is 23.2 Å². The predicted molar refractivity (Wildman–Crippen MR) is 92.8 cm³/mol. The van der Waals surface area contributed by atoms with Crippen molar-refractivity contribution in [2.24, 2.45) is 0 Å². The highest BCUT2D eigenvalue weighted by atomic mass is 35.5. The number of anilines is 1. The van der Waals surface area contributed by atoms with E-state index in [4.69, 9.17) is 27.9 Å². The molecular formula is C17H12Cl2F2N2O3. The number of amides is 2. The maximum Gasteiger partial charge on any atom is 0.414 e. The van der Waals surface area contributed by atoms with E-state index in [-0.39, 0.29) is 18.7 Å². The maximum absolute atomic E-state index is 13.6. The number of hydrogen-bond acceptors (Lipinski definition) is 3. The minimum Gasteiger partial charge on any atom is -0.442 e. The Bertz CT molecular complexity index is 879. The molecule has 9 heteroatoms. The first-order chi connectivity index (χ1) is 12.3. The number of halogens is 4. The number of carbonyl (C=O) groups excluding carboxylic acids is 2. The Hall–Kier alpha value is -2.38. The largest absolute Gasteiger partial charge is 0.442 e. The molecule has 2 aromatic rings. The van der Waals surface area contributed by atoms with Crippen LogP contribution in [0.15, 0.2) is 36.4 Å². The SMILES string of the molecule is O=C(NC[C@@H]1CN(c2ccc(Cl)c(Cl)c2)C(=O)O1)c1ccc(F)cc1F. The van der Waals surface area contributed by atoms with Crippen LogP contribution in [0.1, 0.15) is 10.4 Å². The fraction of sp³-hybridized carbons (Fsp3) is 0.176. The fourth-order valence-corrected chi connectivity index (χ4v) is 2.76. The first-order valence-electron chi connectivity index (χ1n) is 7.51. The van der Waals surface area contributed by atoms with Crippen LogP contribution in [0.5, 0.6) is 0 Å². The third kappa shape index (κ3) is 3.89. The van der Waals surface area contributed by atoms with Crippen molar-refractivity contribution in [3.8, 4) is 0 Å². The van der Waals surface area contributed by atoms with Crippen LogP contribution in [-0.2, 0) is 4.74 Å². The van der Waals surface area contributed by atoms with E-state index >= 15 is 0 Å². The number of benzene rings is 2. The summed E-state index contributed by atoms with van der Waals surface area (Å²) in [7, 11) is 0. The van der Waals surface area contributed by atoms with Crippen LogP contribution in [0, 0.1) is 11.6 Å². The molecule has 1 fully saturated rings. The number of nitrogens with one attached hydrogen (secondary N) is 1. The van der Waals surface area contributed by atoms with Gasteiger partial charge in [0, 0.05) is 11.8 Å². The molecule has 0 saturated carbocycles. The molecule has 5 nitrogen and oxygen atoms in total. The highest BCUT2D eigenvalue weighted by Gasteiger charge is 2.33. The molecule has 0 radical (unpaired) electrons. The summed E-state index contributed by atoms with van der Waals surface area (Å²) < 4.78 is 31.7. The normalized spacial score (nSPS) is 16.5. The van der Waals surface area contributed by atoms with E-state index in [1.807, 2.05) is 0 Å². The zero-order chi connectivity index (χ0) is 18.8. The lowest BCUT2D eigenvalue weighted by atomic mass is 10.2. The van der Waals surface area contributed by atoms with Crippen molar-refractivity contribution in [1.82, 2.24) is 5.32 Å². The van der Waals surface area contributed by atoms with Crippen molar-refractivity contribution in [2.75, 3.05) is 18.0 Å². The van der Waals surface area contributed by atoms with Gasteiger partial charge in [-0.05, 0) is 30.3 Å². The molecule has 0 bridgehead atoms. The van der Waals surface area contributed by atoms with Gasteiger partial charge in [0.05, 0.1) is 28.7 Å². The summed E-state index contributed by atoms with van der Waals surface area (Å²) >= 11 is 11.8. The molecule has 1 N–H and O–H groups in total. The minimum absolute atomic E-state index is 0.0286. The van der Waals surface area contributed by atoms with Gasteiger partial charge in [0.1, 0.15) is 17.7 Å². The second-order valence-corrected chi connectivity index (χ2v) is 6.36. The summed E-state index contributed by atoms with van der Waals surface area (Å²) in [4.78, 5) is 25.3. The molecule has 2 amide bonds. The van der Waals surface area contributed by atoms with Crippen molar-refractivity contribution in [3.63, 3.8) is 0 Å². The van der Waals surface area contributed by atoms with E-state index in [2.05, 4.69) is 5.32 Å². The Kier molecular flexibility index (Phi) is 5.29. The molecule has 2 aromatic carbocycles. The van der Waals surface area contributed by atoms with Crippen molar-refractivity contribution in [3.05, 3.63) is 63.6 Å². The fourth-order valence-electron chi connectivity index (χ4n) is 2.47. The van der Waals surface area contributed by atoms with Crippen molar-refractivity contribution < 1.29 is 23.1 Å². The number of carbonyl (C=O) groups is 2. The van der Waals surface area contributed by atoms with Crippen LogP contribution in [0.4, 0.5) is 19.3 Å². The number of nitrogens with zero attached hydrogens (tertiary/aromatic N) is 1. The first-order valence-corrected chi connectivity index (χ1v) is 8.27. The topological polar surface area (TPSA) is 58.6 Å². The third-order valence-electron chi connectivity index (χ3n) is 3.75. The van der Waals surface area contributed by atoms with E-state index in [1.54, 1.807) is 12.1 Å². The van der Waals surface area contributed by atoms with E-state index < -0.39 is 29.7 Å². The Morgan fingerprint density at radius 2 is 1.96 bits per heavy atom. The molecule has 0 aromatic heterocycles. The summed E-state index contributed by atoms with van der Waals surface area (Å²) in [5, 5.41) is 3.11. The van der Waals surface area contributed by atoms with E-state index in [9.17, 15) is 18.4 Å². The van der Waals surface area contributed by atoms with E-state index in [1.165, 1.54) is 11.0 Å². The van der Waals surface area contributed by atoms with Gasteiger partial charge >= 0.3 is 6.09 Å². The Balaban J connectivity index is 1.62. The van der Waals surface area contributed by atoms with E-state index in [0.717, 1.165) is 12.1 Å². The summed E-state index contributed by atoms with van der Waals surface area (Å²) in [6.45, 7) is 0.141. The van der Waals surface area contributed by atoms with Crippen LogP contribution in [0.25, 0.3) is 0 Å². The number of hydrogen-bond donors (Lipinski definition) is 1. The van der Waals surface area contributed by atoms with Crippen LogP contribution in [0.2, 0.25) is 10.0 Å². The second kappa shape index (κ2) is 7.47. The molecule has 0 aliphatic carbocycles. The lowest BCUT2D eigenvalue weighted by molar-refractivity contribution is 0.0912. The average molecular weight is 401 g/mol. The Labute approximate surface area is 157 Å². The van der Waals surface area contributed by atoms with Gasteiger partial charge in [0.2, 0.25) is 0 Å². The van der Waals surface area contributed by atoms with Gasteiger partial charge < -0.3 is 10.1 Å². The van der Waals surface area contributed by atoms with Gasteiger partial charge in [0.25, 0.3) is 5.91 Å². The third-order valence-corrected chi connectivity index (χ3v) is 4.49. The maximum atomic E-state index is 13.6. The zero-order valence-electron chi connectivity index (χ0n) is 13.1. The summed E-state index contributed by atoms with van der Waals surface area (Å²) in [5.74, 6) is -2.48. The van der Waals surface area contributed by atoms with E-state index in [0.29, 0.717) is 21.8 Å². The smallest absolute Gasteiger partial charge is 0.414 e. The van der Waals surface area contributed by atoms with Gasteiger partial charge in [-0.3, -0.25) is 9.69 Å². The second-order valence-electron chi connectivity index (χ2n) is 5.55. The monoisotopic (exact) mass is 400 g/mol. The number of rotatable bonds is 4. The molecule has 0 spiro atoms. The Morgan fingerprint density at radius 1 is 1.19 bits per heavy atom. The standard InChI is InChI=1S/C17H12Cl2F2N2O3/c18-13-4-2-10(6-14(13)19)23-8-11(26-17(23)25)7-22-16(24)12-3-1-9(20)5-15(12)21/h1-6,11H,7-8H2,(H,22,24)/t11-/m1/s1.